The molecule has 0 saturated heterocycles. The van der Waals surface area contributed by atoms with Crippen molar-refractivity contribution in [2.45, 2.75) is 32.4 Å². The Bertz CT molecular complexity index is 623. The number of furan rings is 1. The van der Waals surface area contributed by atoms with Crippen LogP contribution in [0.3, 0.4) is 0 Å². The molecule has 1 heterocycles. The van der Waals surface area contributed by atoms with Crippen LogP contribution in [0.1, 0.15) is 31.2 Å². The molecule has 0 aliphatic carbocycles. The SMILES string of the molecule is CC(=O)[C@H](Cc1ccccc1)NC(=O)CN[C@H](C)c1ccco1. The van der Waals surface area contributed by atoms with Gasteiger partial charge in [0.05, 0.1) is 24.9 Å². The molecule has 5 heteroatoms. The Labute approximate surface area is 136 Å². The summed E-state index contributed by atoms with van der Waals surface area (Å²) in [7, 11) is 0. The van der Waals surface area contributed by atoms with Crippen molar-refractivity contribution >= 4 is 11.7 Å². The smallest absolute Gasteiger partial charge is 0.234 e. The number of carbonyl (C=O) groups is 2. The number of Topliss-reactive ketones (excluding diaryl/α,β-unsaturated/α-hetero) is 1. The molecule has 0 aliphatic rings. The van der Waals surface area contributed by atoms with Crippen molar-refractivity contribution in [1.29, 1.82) is 0 Å². The molecule has 2 atom stereocenters. The first-order valence-electron chi connectivity index (χ1n) is 7.67. The third-order valence-electron chi connectivity index (χ3n) is 3.65. The quantitative estimate of drug-likeness (QED) is 0.784. The van der Waals surface area contributed by atoms with E-state index in [4.69, 9.17) is 4.42 Å². The molecule has 0 fully saturated rings. The molecule has 5 nitrogen and oxygen atoms in total. The fourth-order valence-electron chi connectivity index (χ4n) is 2.28. The van der Waals surface area contributed by atoms with Crippen molar-refractivity contribution in [3.63, 3.8) is 0 Å². The van der Waals surface area contributed by atoms with E-state index in [1.165, 1.54) is 6.92 Å². The Kier molecular flexibility index (Phi) is 6.11. The van der Waals surface area contributed by atoms with Crippen LogP contribution in [0.2, 0.25) is 0 Å². The normalized spacial score (nSPS) is 13.3. The minimum atomic E-state index is -0.509. The van der Waals surface area contributed by atoms with Crippen LogP contribution in [0.25, 0.3) is 0 Å². The fraction of sp³-hybridized carbons (Fsp3) is 0.333. The van der Waals surface area contributed by atoms with Crippen molar-refractivity contribution in [3.05, 3.63) is 60.1 Å². The first-order chi connectivity index (χ1) is 11.1. The number of benzene rings is 1. The van der Waals surface area contributed by atoms with E-state index in [1.54, 1.807) is 12.3 Å². The second-order valence-corrected chi connectivity index (χ2v) is 5.54. The monoisotopic (exact) mass is 314 g/mol. The van der Waals surface area contributed by atoms with Gasteiger partial charge in [-0.2, -0.15) is 0 Å². The lowest BCUT2D eigenvalue weighted by atomic mass is 10.0. The van der Waals surface area contributed by atoms with Gasteiger partial charge < -0.3 is 9.73 Å². The van der Waals surface area contributed by atoms with Crippen molar-refractivity contribution < 1.29 is 14.0 Å². The predicted octanol–water partition coefficient (Wildman–Crippen LogP) is 2.25. The van der Waals surface area contributed by atoms with Crippen LogP contribution in [0.4, 0.5) is 0 Å². The van der Waals surface area contributed by atoms with Gasteiger partial charge in [-0.15, -0.1) is 0 Å². The average molecular weight is 314 g/mol. The molecular formula is C18H22N2O3. The minimum absolute atomic E-state index is 0.0544. The van der Waals surface area contributed by atoms with Gasteiger partial charge in [-0.05, 0) is 38.0 Å². The van der Waals surface area contributed by atoms with Gasteiger partial charge in [0, 0.05) is 0 Å². The van der Waals surface area contributed by atoms with Crippen LogP contribution in [-0.2, 0) is 16.0 Å². The summed E-state index contributed by atoms with van der Waals surface area (Å²) >= 11 is 0. The summed E-state index contributed by atoms with van der Waals surface area (Å²) in [4.78, 5) is 23.8. The van der Waals surface area contributed by atoms with Crippen molar-refractivity contribution in [2.75, 3.05) is 6.54 Å². The molecule has 23 heavy (non-hydrogen) atoms. The average Bonchev–Trinajstić information content (AvgIpc) is 3.07. The molecule has 122 valence electrons. The van der Waals surface area contributed by atoms with Crippen LogP contribution >= 0.6 is 0 Å². The van der Waals surface area contributed by atoms with Crippen LogP contribution in [-0.4, -0.2) is 24.3 Å². The number of amides is 1. The Morgan fingerprint density at radius 2 is 1.87 bits per heavy atom. The third kappa shape index (κ3) is 5.38. The highest BCUT2D eigenvalue weighted by atomic mass is 16.3. The molecule has 0 saturated carbocycles. The summed E-state index contributed by atoms with van der Waals surface area (Å²) in [6.07, 6.45) is 2.09. The van der Waals surface area contributed by atoms with Gasteiger partial charge in [0.2, 0.25) is 5.91 Å². The third-order valence-corrected chi connectivity index (χ3v) is 3.65. The van der Waals surface area contributed by atoms with Crippen molar-refractivity contribution in [1.82, 2.24) is 10.6 Å². The van der Waals surface area contributed by atoms with E-state index >= 15 is 0 Å². The van der Waals surface area contributed by atoms with Crippen molar-refractivity contribution in [2.24, 2.45) is 0 Å². The zero-order valence-electron chi connectivity index (χ0n) is 13.4. The number of carbonyl (C=O) groups excluding carboxylic acids is 2. The summed E-state index contributed by atoms with van der Waals surface area (Å²) in [5.74, 6) is 0.506. The summed E-state index contributed by atoms with van der Waals surface area (Å²) in [5, 5.41) is 5.86. The maximum atomic E-state index is 12.1. The van der Waals surface area contributed by atoms with Gasteiger partial charge in [-0.1, -0.05) is 30.3 Å². The second-order valence-electron chi connectivity index (χ2n) is 5.54. The number of hydrogen-bond acceptors (Lipinski definition) is 4. The lowest BCUT2D eigenvalue weighted by Gasteiger charge is -2.17. The Hall–Kier alpha value is -2.40. The van der Waals surface area contributed by atoms with Crippen LogP contribution < -0.4 is 10.6 Å². The topological polar surface area (TPSA) is 71.3 Å². The zero-order chi connectivity index (χ0) is 16.7. The molecule has 2 aromatic rings. The van der Waals surface area contributed by atoms with Crippen LogP contribution in [0.5, 0.6) is 0 Å². The molecule has 0 radical (unpaired) electrons. The maximum Gasteiger partial charge on any atom is 0.234 e. The van der Waals surface area contributed by atoms with E-state index in [9.17, 15) is 9.59 Å². The molecule has 0 bridgehead atoms. The maximum absolute atomic E-state index is 12.1. The molecule has 1 aromatic heterocycles. The summed E-state index contributed by atoms with van der Waals surface area (Å²) in [5.41, 5.74) is 1.02. The summed E-state index contributed by atoms with van der Waals surface area (Å²) in [6.45, 7) is 3.53. The van der Waals surface area contributed by atoms with Gasteiger partial charge in [0.15, 0.2) is 5.78 Å². The van der Waals surface area contributed by atoms with Gasteiger partial charge >= 0.3 is 0 Å². The van der Waals surface area contributed by atoms with E-state index in [1.807, 2.05) is 43.3 Å². The van der Waals surface area contributed by atoms with Gasteiger partial charge in [-0.25, -0.2) is 0 Å². The van der Waals surface area contributed by atoms with Gasteiger partial charge in [0.25, 0.3) is 0 Å². The highest BCUT2D eigenvalue weighted by Crippen LogP contribution is 2.11. The van der Waals surface area contributed by atoms with Gasteiger partial charge in [0.1, 0.15) is 5.76 Å². The van der Waals surface area contributed by atoms with E-state index in [0.717, 1.165) is 11.3 Å². The van der Waals surface area contributed by atoms with E-state index in [-0.39, 0.29) is 24.3 Å². The number of ketones is 1. The second kappa shape index (κ2) is 8.29. The van der Waals surface area contributed by atoms with E-state index in [0.29, 0.717) is 6.42 Å². The number of hydrogen-bond donors (Lipinski definition) is 2. The first-order valence-corrected chi connectivity index (χ1v) is 7.67. The lowest BCUT2D eigenvalue weighted by molar-refractivity contribution is -0.126. The molecule has 2 N–H and O–H groups in total. The van der Waals surface area contributed by atoms with E-state index in [2.05, 4.69) is 10.6 Å². The molecule has 0 spiro atoms. The largest absolute Gasteiger partial charge is 0.468 e. The highest BCUT2D eigenvalue weighted by Gasteiger charge is 2.18. The van der Waals surface area contributed by atoms with Crippen LogP contribution in [0, 0.1) is 0 Å². The highest BCUT2D eigenvalue weighted by molar-refractivity contribution is 5.88. The molecule has 0 unspecified atom stereocenters. The molecular weight excluding hydrogens is 292 g/mol. The standard InChI is InChI=1S/C18H22N2O3/c1-13(17-9-6-10-23-17)19-12-18(22)20-16(14(2)21)11-15-7-4-3-5-8-15/h3-10,13,16,19H,11-12H2,1-2H3,(H,20,22)/t13-,16+/m1/s1. The zero-order valence-corrected chi connectivity index (χ0v) is 13.4. The van der Waals surface area contributed by atoms with Crippen LogP contribution in [0.15, 0.2) is 53.1 Å². The molecule has 1 aromatic carbocycles. The Morgan fingerprint density at radius 3 is 2.48 bits per heavy atom. The molecule has 2 rings (SSSR count). The lowest BCUT2D eigenvalue weighted by Crippen LogP contribution is -2.45. The predicted molar refractivity (Wildman–Crippen MR) is 87.9 cm³/mol. The van der Waals surface area contributed by atoms with E-state index < -0.39 is 6.04 Å². The Morgan fingerprint density at radius 1 is 1.13 bits per heavy atom. The molecule has 1 amide bonds. The Balaban J connectivity index is 1.84. The summed E-state index contributed by atoms with van der Waals surface area (Å²) in [6, 6.07) is 12.7. The summed E-state index contributed by atoms with van der Waals surface area (Å²) < 4.78 is 5.28. The number of nitrogens with one attached hydrogen (secondary N) is 2. The fourth-order valence-corrected chi connectivity index (χ4v) is 2.28. The number of rotatable bonds is 8. The molecule has 0 aliphatic heterocycles. The minimum Gasteiger partial charge on any atom is -0.468 e. The van der Waals surface area contributed by atoms with Gasteiger partial charge in [-0.3, -0.25) is 14.9 Å². The first kappa shape index (κ1) is 17.0. The van der Waals surface area contributed by atoms with Crippen molar-refractivity contribution in [3.8, 4) is 0 Å².